The molecular weight excluding hydrogens is 397 g/mol. The zero-order valence-corrected chi connectivity index (χ0v) is 15.4. The van der Waals surface area contributed by atoms with Gasteiger partial charge in [-0.3, -0.25) is 4.79 Å². The Morgan fingerprint density at radius 1 is 0.964 bits per heavy atom. The Labute approximate surface area is 160 Å². The molecule has 0 spiro atoms. The summed E-state index contributed by atoms with van der Waals surface area (Å²) in [7, 11) is -3.67. The molecule has 1 aliphatic rings. The van der Waals surface area contributed by atoms with Gasteiger partial charge in [-0.05, 0) is 48.5 Å². The highest BCUT2D eigenvalue weighted by Gasteiger charge is 2.30. The summed E-state index contributed by atoms with van der Waals surface area (Å²) in [6, 6.07) is 9.40. The first-order valence-electron chi connectivity index (χ1n) is 8.34. The van der Waals surface area contributed by atoms with Crippen molar-refractivity contribution in [3.05, 3.63) is 59.7 Å². The number of alkyl halides is 3. The van der Waals surface area contributed by atoms with E-state index in [1.165, 1.54) is 28.6 Å². The molecule has 0 aliphatic carbocycles. The van der Waals surface area contributed by atoms with Crippen molar-refractivity contribution in [1.82, 2.24) is 4.31 Å². The molecule has 0 atom stereocenters. The van der Waals surface area contributed by atoms with Crippen LogP contribution in [-0.2, 0) is 20.9 Å². The maximum Gasteiger partial charge on any atom is 0.416 e. The molecule has 0 aromatic heterocycles. The van der Waals surface area contributed by atoms with Crippen LogP contribution in [0.25, 0.3) is 0 Å². The maximum atomic E-state index is 12.6. The fourth-order valence-electron chi connectivity index (χ4n) is 2.66. The Hall–Kier alpha value is -2.43. The number of anilines is 1. The number of hydrogen-bond donors (Lipinski definition) is 1. The van der Waals surface area contributed by atoms with Gasteiger partial charge in [-0.1, -0.05) is 0 Å². The molecule has 0 radical (unpaired) electrons. The lowest BCUT2D eigenvalue weighted by atomic mass is 10.2. The summed E-state index contributed by atoms with van der Waals surface area (Å²) in [6.07, 6.45) is -4.45. The third-order valence-electron chi connectivity index (χ3n) is 4.19. The summed E-state index contributed by atoms with van der Waals surface area (Å²) in [5.74, 6) is -0.560. The minimum Gasteiger partial charge on any atom is -0.379 e. The van der Waals surface area contributed by atoms with E-state index >= 15 is 0 Å². The monoisotopic (exact) mass is 414 g/mol. The number of nitrogens with one attached hydrogen (secondary N) is 1. The van der Waals surface area contributed by atoms with E-state index in [0.29, 0.717) is 13.2 Å². The minimum absolute atomic E-state index is 0.0560. The number of morpholine rings is 1. The van der Waals surface area contributed by atoms with Gasteiger partial charge in [0.1, 0.15) is 0 Å². The summed E-state index contributed by atoms with van der Waals surface area (Å²) < 4.78 is 69.3. The SMILES string of the molecule is O=C(Nc1ccc(C(F)(F)F)cc1)c1ccc(S(=O)(=O)N2CCOCC2)cc1. The number of hydrogen-bond acceptors (Lipinski definition) is 4. The molecule has 150 valence electrons. The van der Waals surface area contributed by atoms with Crippen molar-refractivity contribution in [2.45, 2.75) is 11.1 Å². The smallest absolute Gasteiger partial charge is 0.379 e. The van der Waals surface area contributed by atoms with Crippen LogP contribution in [0.15, 0.2) is 53.4 Å². The first-order chi connectivity index (χ1) is 13.2. The molecule has 6 nitrogen and oxygen atoms in total. The number of rotatable bonds is 4. The third-order valence-corrected chi connectivity index (χ3v) is 6.11. The van der Waals surface area contributed by atoms with Gasteiger partial charge in [0.2, 0.25) is 10.0 Å². The molecular formula is C18H17F3N2O4S. The van der Waals surface area contributed by atoms with Crippen molar-refractivity contribution in [2.75, 3.05) is 31.6 Å². The van der Waals surface area contributed by atoms with Crippen LogP contribution >= 0.6 is 0 Å². The van der Waals surface area contributed by atoms with Crippen LogP contribution in [0.3, 0.4) is 0 Å². The summed E-state index contributed by atoms with van der Waals surface area (Å²) in [5, 5.41) is 2.48. The maximum absolute atomic E-state index is 12.6. The van der Waals surface area contributed by atoms with E-state index in [1.54, 1.807) is 0 Å². The summed E-state index contributed by atoms with van der Waals surface area (Å²) in [4.78, 5) is 12.3. The summed E-state index contributed by atoms with van der Waals surface area (Å²) in [6.45, 7) is 1.18. The lowest BCUT2D eigenvalue weighted by Gasteiger charge is -2.26. The van der Waals surface area contributed by atoms with E-state index in [-0.39, 0.29) is 29.2 Å². The number of halogens is 3. The first-order valence-corrected chi connectivity index (χ1v) is 9.78. The number of nitrogens with zero attached hydrogens (tertiary/aromatic N) is 1. The first kappa shape index (κ1) is 20.3. The summed E-state index contributed by atoms with van der Waals surface area (Å²) in [5.41, 5.74) is -0.438. The Morgan fingerprint density at radius 2 is 1.54 bits per heavy atom. The molecule has 1 N–H and O–H groups in total. The molecule has 0 saturated carbocycles. The van der Waals surface area contributed by atoms with E-state index in [2.05, 4.69) is 5.32 Å². The molecule has 1 amide bonds. The van der Waals surface area contributed by atoms with Crippen LogP contribution in [0.4, 0.5) is 18.9 Å². The Morgan fingerprint density at radius 3 is 2.07 bits per heavy atom. The van der Waals surface area contributed by atoms with Crippen molar-refractivity contribution in [2.24, 2.45) is 0 Å². The molecule has 3 rings (SSSR count). The van der Waals surface area contributed by atoms with Crippen LogP contribution in [0.1, 0.15) is 15.9 Å². The highest BCUT2D eigenvalue weighted by Crippen LogP contribution is 2.30. The Kier molecular flexibility index (Phi) is 5.73. The predicted octanol–water partition coefficient (Wildman–Crippen LogP) is 2.98. The molecule has 1 aliphatic heterocycles. The topological polar surface area (TPSA) is 75.7 Å². The normalized spacial score (nSPS) is 16.0. The van der Waals surface area contributed by atoms with Gasteiger partial charge in [0.05, 0.1) is 23.7 Å². The molecule has 1 fully saturated rings. The van der Waals surface area contributed by atoms with Gasteiger partial charge in [-0.15, -0.1) is 0 Å². The van der Waals surface area contributed by atoms with Crippen molar-refractivity contribution in [1.29, 1.82) is 0 Å². The molecule has 28 heavy (non-hydrogen) atoms. The zero-order valence-electron chi connectivity index (χ0n) is 14.6. The second-order valence-electron chi connectivity index (χ2n) is 6.07. The minimum atomic E-state index is -4.45. The molecule has 10 heteroatoms. The fourth-order valence-corrected chi connectivity index (χ4v) is 4.07. The van der Waals surface area contributed by atoms with Gasteiger partial charge in [-0.2, -0.15) is 17.5 Å². The number of sulfonamides is 1. The zero-order chi connectivity index (χ0) is 20.4. The third kappa shape index (κ3) is 4.51. The summed E-state index contributed by atoms with van der Waals surface area (Å²) >= 11 is 0. The number of amides is 1. The second-order valence-corrected chi connectivity index (χ2v) is 8.01. The van der Waals surface area contributed by atoms with Gasteiger partial charge in [-0.25, -0.2) is 8.42 Å². The lowest BCUT2D eigenvalue weighted by molar-refractivity contribution is -0.137. The van der Waals surface area contributed by atoms with E-state index in [4.69, 9.17) is 4.74 Å². The number of benzene rings is 2. The number of ether oxygens (including phenoxy) is 1. The van der Waals surface area contributed by atoms with Crippen molar-refractivity contribution in [3.63, 3.8) is 0 Å². The van der Waals surface area contributed by atoms with Gasteiger partial charge in [0.25, 0.3) is 5.91 Å². The predicted molar refractivity (Wildman–Crippen MR) is 95.4 cm³/mol. The quantitative estimate of drug-likeness (QED) is 0.835. The molecule has 0 unspecified atom stereocenters. The van der Waals surface area contributed by atoms with Crippen molar-refractivity contribution < 1.29 is 31.1 Å². The van der Waals surface area contributed by atoms with E-state index in [9.17, 15) is 26.4 Å². The van der Waals surface area contributed by atoms with E-state index in [1.807, 2.05) is 0 Å². The van der Waals surface area contributed by atoms with E-state index in [0.717, 1.165) is 24.3 Å². The molecule has 0 bridgehead atoms. The van der Waals surface area contributed by atoms with Crippen LogP contribution in [0.5, 0.6) is 0 Å². The van der Waals surface area contributed by atoms with Gasteiger partial charge in [0, 0.05) is 24.3 Å². The van der Waals surface area contributed by atoms with Gasteiger partial charge in [0.15, 0.2) is 0 Å². The molecule has 2 aromatic rings. The van der Waals surface area contributed by atoms with Crippen molar-refractivity contribution in [3.8, 4) is 0 Å². The van der Waals surface area contributed by atoms with Crippen LogP contribution in [0.2, 0.25) is 0 Å². The van der Waals surface area contributed by atoms with Crippen LogP contribution in [0, 0.1) is 0 Å². The van der Waals surface area contributed by atoms with E-state index < -0.39 is 27.7 Å². The molecule has 1 saturated heterocycles. The Bertz CT molecular complexity index is 936. The number of carbonyl (C=O) groups is 1. The average molecular weight is 414 g/mol. The molecule has 2 aromatic carbocycles. The van der Waals surface area contributed by atoms with Crippen molar-refractivity contribution >= 4 is 21.6 Å². The standard InChI is InChI=1S/C18H17F3N2O4S/c19-18(20,21)14-3-5-15(6-4-14)22-17(24)13-1-7-16(8-2-13)28(25,26)23-9-11-27-12-10-23/h1-8H,9-12H2,(H,22,24). The highest BCUT2D eigenvalue weighted by atomic mass is 32.2. The highest BCUT2D eigenvalue weighted by molar-refractivity contribution is 7.89. The largest absolute Gasteiger partial charge is 0.416 e. The number of carbonyl (C=O) groups excluding carboxylic acids is 1. The second kappa shape index (κ2) is 7.90. The lowest BCUT2D eigenvalue weighted by Crippen LogP contribution is -2.40. The fraction of sp³-hybridized carbons (Fsp3) is 0.278. The van der Waals surface area contributed by atoms with Crippen LogP contribution < -0.4 is 5.32 Å². The van der Waals surface area contributed by atoms with Gasteiger partial charge < -0.3 is 10.1 Å². The Balaban J connectivity index is 1.70. The van der Waals surface area contributed by atoms with Crippen LogP contribution in [-0.4, -0.2) is 44.9 Å². The van der Waals surface area contributed by atoms with Gasteiger partial charge >= 0.3 is 6.18 Å². The molecule has 1 heterocycles. The average Bonchev–Trinajstić information content (AvgIpc) is 2.68.